The Morgan fingerprint density at radius 3 is 2.36 bits per heavy atom. The second-order valence-electron chi connectivity index (χ2n) is 3.39. The monoisotopic (exact) mass is 194 g/mol. The fourth-order valence-corrected chi connectivity index (χ4v) is 1.27. The SMILES string of the molecule is COC(C(=O)c1cncnc1)C(C)C. The number of methoxy groups -OCH3 is 1. The van der Waals surface area contributed by atoms with Gasteiger partial charge in [-0.05, 0) is 5.92 Å². The molecule has 1 heterocycles. The molecule has 0 saturated carbocycles. The van der Waals surface area contributed by atoms with Gasteiger partial charge in [0.2, 0.25) is 0 Å². The minimum atomic E-state index is -0.416. The number of carbonyl (C=O) groups excluding carboxylic acids is 1. The largest absolute Gasteiger partial charge is 0.373 e. The van der Waals surface area contributed by atoms with Crippen LogP contribution in [0.15, 0.2) is 18.7 Å². The van der Waals surface area contributed by atoms with E-state index in [2.05, 4.69) is 9.97 Å². The number of Topliss-reactive ketones (excluding diaryl/α,β-unsaturated/α-hetero) is 1. The molecule has 4 nitrogen and oxygen atoms in total. The van der Waals surface area contributed by atoms with Crippen LogP contribution < -0.4 is 0 Å². The molecule has 0 saturated heterocycles. The van der Waals surface area contributed by atoms with Crippen molar-refractivity contribution in [2.24, 2.45) is 5.92 Å². The maximum Gasteiger partial charge on any atom is 0.194 e. The van der Waals surface area contributed by atoms with E-state index in [1.54, 1.807) is 0 Å². The lowest BCUT2D eigenvalue weighted by Gasteiger charge is -2.17. The maximum atomic E-state index is 11.8. The summed E-state index contributed by atoms with van der Waals surface area (Å²) in [6, 6.07) is 0. The molecule has 0 aliphatic rings. The van der Waals surface area contributed by atoms with E-state index in [0.29, 0.717) is 5.56 Å². The predicted molar refractivity (Wildman–Crippen MR) is 52.0 cm³/mol. The van der Waals surface area contributed by atoms with E-state index in [-0.39, 0.29) is 11.7 Å². The Labute approximate surface area is 83.3 Å². The summed E-state index contributed by atoms with van der Waals surface area (Å²) in [5, 5.41) is 0. The Morgan fingerprint density at radius 1 is 1.36 bits per heavy atom. The average Bonchev–Trinajstić information content (AvgIpc) is 2.19. The molecule has 0 bridgehead atoms. The number of rotatable bonds is 4. The van der Waals surface area contributed by atoms with Gasteiger partial charge in [0.05, 0.1) is 5.56 Å². The zero-order chi connectivity index (χ0) is 10.6. The number of carbonyl (C=O) groups is 1. The van der Waals surface area contributed by atoms with Gasteiger partial charge in [-0.3, -0.25) is 4.79 Å². The first kappa shape index (κ1) is 10.8. The van der Waals surface area contributed by atoms with Crippen molar-refractivity contribution >= 4 is 5.78 Å². The third-order valence-electron chi connectivity index (χ3n) is 1.96. The van der Waals surface area contributed by atoms with Crippen LogP contribution in [0.25, 0.3) is 0 Å². The van der Waals surface area contributed by atoms with Crippen molar-refractivity contribution in [1.29, 1.82) is 0 Å². The number of nitrogens with zero attached hydrogens (tertiary/aromatic N) is 2. The van der Waals surface area contributed by atoms with E-state index >= 15 is 0 Å². The third kappa shape index (κ3) is 2.35. The Hall–Kier alpha value is -1.29. The molecule has 1 atom stereocenters. The zero-order valence-electron chi connectivity index (χ0n) is 8.60. The molecule has 0 aliphatic carbocycles. The summed E-state index contributed by atoms with van der Waals surface area (Å²) in [5.74, 6) is 0.0795. The molecule has 0 fully saturated rings. The summed E-state index contributed by atoms with van der Waals surface area (Å²) >= 11 is 0. The van der Waals surface area contributed by atoms with Crippen LogP contribution in [0.3, 0.4) is 0 Å². The summed E-state index contributed by atoms with van der Waals surface area (Å²) < 4.78 is 5.12. The highest BCUT2D eigenvalue weighted by atomic mass is 16.5. The number of ketones is 1. The summed E-state index contributed by atoms with van der Waals surface area (Å²) in [6.07, 6.45) is 3.99. The lowest BCUT2D eigenvalue weighted by Crippen LogP contribution is -2.28. The van der Waals surface area contributed by atoms with Crippen LogP contribution in [-0.2, 0) is 4.74 Å². The van der Waals surface area contributed by atoms with Gasteiger partial charge in [0, 0.05) is 19.5 Å². The molecule has 0 aromatic carbocycles. The second kappa shape index (κ2) is 4.81. The molecule has 1 unspecified atom stereocenters. The van der Waals surface area contributed by atoms with E-state index in [9.17, 15) is 4.79 Å². The first-order chi connectivity index (χ1) is 6.66. The third-order valence-corrected chi connectivity index (χ3v) is 1.96. The minimum absolute atomic E-state index is 0.0666. The number of aromatic nitrogens is 2. The Kier molecular flexibility index (Phi) is 3.71. The molecule has 0 aliphatic heterocycles. The highest BCUT2D eigenvalue weighted by Gasteiger charge is 2.23. The fourth-order valence-electron chi connectivity index (χ4n) is 1.27. The molecule has 4 heteroatoms. The zero-order valence-corrected chi connectivity index (χ0v) is 8.60. The van der Waals surface area contributed by atoms with Gasteiger partial charge in [0.25, 0.3) is 0 Å². The molecule has 1 aromatic rings. The van der Waals surface area contributed by atoms with Crippen molar-refractivity contribution in [1.82, 2.24) is 9.97 Å². The minimum Gasteiger partial charge on any atom is -0.373 e. The number of hydrogen-bond acceptors (Lipinski definition) is 4. The molecular weight excluding hydrogens is 180 g/mol. The standard InChI is InChI=1S/C10H14N2O2/c1-7(2)10(14-3)9(13)8-4-11-6-12-5-8/h4-7,10H,1-3H3. The van der Waals surface area contributed by atoms with Gasteiger partial charge in [-0.1, -0.05) is 13.8 Å². The van der Waals surface area contributed by atoms with E-state index in [1.165, 1.54) is 25.8 Å². The van der Waals surface area contributed by atoms with Crippen LogP contribution >= 0.6 is 0 Å². The van der Waals surface area contributed by atoms with Gasteiger partial charge in [0.1, 0.15) is 12.4 Å². The molecule has 0 amide bonds. The quantitative estimate of drug-likeness (QED) is 0.678. The van der Waals surface area contributed by atoms with Crippen LogP contribution in [0.1, 0.15) is 24.2 Å². The molecule has 0 spiro atoms. The molecule has 14 heavy (non-hydrogen) atoms. The van der Waals surface area contributed by atoms with Crippen LogP contribution in [0.5, 0.6) is 0 Å². The lowest BCUT2D eigenvalue weighted by molar-refractivity contribution is 0.0458. The molecular formula is C10H14N2O2. The normalized spacial score (nSPS) is 12.9. The highest BCUT2D eigenvalue weighted by molar-refractivity contribution is 5.99. The smallest absolute Gasteiger partial charge is 0.194 e. The Morgan fingerprint density at radius 2 is 1.93 bits per heavy atom. The number of ether oxygens (including phenoxy) is 1. The summed E-state index contributed by atoms with van der Waals surface area (Å²) in [4.78, 5) is 19.4. The number of hydrogen-bond donors (Lipinski definition) is 0. The van der Waals surface area contributed by atoms with Crippen LogP contribution in [0.4, 0.5) is 0 Å². The summed E-state index contributed by atoms with van der Waals surface area (Å²) in [7, 11) is 1.53. The summed E-state index contributed by atoms with van der Waals surface area (Å²) in [6.45, 7) is 3.88. The van der Waals surface area contributed by atoms with Gasteiger partial charge in [0.15, 0.2) is 5.78 Å². The van der Waals surface area contributed by atoms with Gasteiger partial charge >= 0.3 is 0 Å². The van der Waals surface area contributed by atoms with Gasteiger partial charge < -0.3 is 4.74 Å². The van der Waals surface area contributed by atoms with Gasteiger partial charge in [-0.25, -0.2) is 9.97 Å². The Balaban J connectivity index is 2.84. The molecule has 0 radical (unpaired) electrons. The van der Waals surface area contributed by atoms with Crippen LogP contribution in [0.2, 0.25) is 0 Å². The first-order valence-corrected chi connectivity index (χ1v) is 4.48. The van der Waals surface area contributed by atoms with Crippen molar-refractivity contribution in [3.63, 3.8) is 0 Å². The van der Waals surface area contributed by atoms with Crippen molar-refractivity contribution in [2.45, 2.75) is 20.0 Å². The predicted octanol–water partition coefficient (Wildman–Crippen LogP) is 1.33. The van der Waals surface area contributed by atoms with E-state index in [0.717, 1.165) is 0 Å². The van der Waals surface area contributed by atoms with Crippen molar-refractivity contribution in [3.8, 4) is 0 Å². The maximum absolute atomic E-state index is 11.8. The van der Waals surface area contributed by atoms with Crippen molar-refractivity contribution in [3.05, 3.63) is 24.3 Å². The average molecular weight is 194 g/mol. The highest BCUT2D eigenvalue weighted by Crippen LogP contribution is 2.11. The van der Waals surface area contributed by atoms with E-state index in [1.807, 2.05) is 13.8 Å². The van der Waals surface area contributed by atoms with Crippen LogP contribution in [-0.4, -0.2) is 29.0 Å². The molecule has 0 N–H and O–H groups in total. The van der Waals surface area contributed by atoms with E-state index < -0.39 is 6.10 Å². The van der Waals surface area contributed by atoms with Gasteiger partial charge in [-0.2, -0.15) is 0 Å². The second-order valence-corrected chi connectivity index (χ2v) is 3.39. The van der Waals surface area contributed by atoms with Gasteiger partial charge in [-0.15, -0.1) is 0 Å². The molecule has 1 aromatic heterocycles. The fraction of sp³-hybridized carbons (Fsp3) is 0.500. The summed E-state index contributed by atoms with van der Waals surface area (Å²) in [5.41, 5.74) is 0.494. The molecule has 1 rings (SSSR count). The van der Waals surface area contributed by atoms with E-state index in [4.69, 9.17) is 4.74 Å². The topological polar surface area (TPSA) is 52.1 Å². The Bertz CT molecular complexity index is 298. The van der Waals surface area contributed by atoms with Crippen molar-refractivity contribution < 1.29 is 9.53 Å². The molecule has 76 valence electrons. The lowest BCUT2D eigenvalue weighted by atomic mass is 9.99. The van der Waals surface area contributed by atoms with Crippen molar-refractivity contribution in [2.75, 3.05) is 7.11 Å². The first-order valence-electron chi connectivity index (χ1n) is 4.48. The van der Waals surface area contributed by atoms with Crippen LogP contribution in [0, 0.1) is 5.92 Å².